The Morgan fingerprint density at radius 3 is 2.43 bits per heavy atom. The van der Waals surface area contributed by atoms with Crippen LogP contribution in [0.25, 0.3) is 22.3 Å². The molecule has 0 radical (unpaired) electrons. The number of benzene rings is 2. The fraction of sp³-hybridized carbons (Fsp3) is 0.238. The van der Waals surface area contributed by atoms with Gasteiger partial charge >= 0.3 is 5.97 Å². The molecule has 1 atom stereocenters. The molecule has 2 aromatic carbocycles. The summed E-state index contributed by atoms with van der Waals surface area (Å²) in [6.45, 7) is 3.23. The Labute approximate surface area is 161 Å². The lowest BCUT2D eigenvalue weighted by atomic mass is 10.1. The molecule has 3 aromatic rings. The number of rotatable bonds is 6. The molecule has 0 aliphatic carbocycles. The smallest absolute Gasteiger partial charge is 0.344 e. The SMILES string of the molecule is COc1ccc(-c2oc3cc(C)ccc3c(=O)c2O[C@@H](C)C(=O)O)cc1OC. The number of ether oxygens (including phenoxy) is 3. The van der Waals surface area contributed by atoms with E-state index in [2.05, 4.69) is 0 Å². The van der Waals surface area contributed by atoms with E-state index < -0.39 is 17.5 Å². The van der Waals surface area contributed by atoms with Crippen molar-refractivity contribution >= 4 is 16.9 Å². The van der Waals surface area contributed by atoms with Crippen LogP contribution in [-0.4, -0.2) is 31.4 Å². The van der Waals surface area contributed by atoms with Gasteiger partial charge in [0.05, 0.1) is 19.6 Å². The average molecular weight is 384 g/mol. The summed E-state index contributed by atoms with van der Waals surface area (Å²) in [6, 6.07) is 10.1. The minimum Gasteiger partial charge on any atom is -0.493 e. The van der Waals surface area contributed by atoms with Crippen molar-refractivity contribution in [3.05, 3.63) is 52.2 Å². The van der Waals surface area contributed by atoms with Crippen LogP contribution in [-0.2, 0) is 4.79 Å². The van der Waals surface area contributed by atoms with Crippen LogP contribution in [0.15, 0.2) is 45.6 Å². The summed E-state index contributed by atoms with van der Waals surface area (Å²) in [5.74, 6) is -0.298. The van der Waals surface area contributed by atoms with E-state index in [0.717, 1.165) is 5.56 Å². The summed E-state index contributed by atoms with van der Waals surface area (Å²) in [7, 11) is 3.00. The van der Waals surface area contributed by atoms with Crippen molar-refractivity contribution in [1.29, 1.82) is 0 Å². The molecule has 0 bridgehead atoms. The Morgan fingerprint density at radius 1 is 1.07 bits per heavy atom. The molecule has 146 valence electrons. The summed E-state index contributed by atoms with van der Waals surface area (Å²) in [5.41, 5.74) is 1.34. The monoisotopic (exact) mass is 384 g/mol. The highest BCUT2D eigenvalue weighted by atomic mass is 16.5. The van der Waals surface area contributed by atoms with Gasteiger partial charge in [-0.2, -0.15) is 0 Å². The van der Waals surface area contributed by atoms with Gasteiger partial charge in [-0.1, -0.05) is 6.07 Å². The van der Waals surface area contributed by atoms with E-state index in [1.807, 2.05) is 6.92 Å². The van der Waals surface area contributed by atoms with Gasteiger partial charge in [-0.3, -0.25) is 4.79 Å². The molecule has 0 saturated carbocycles. The van der Waals surface area contributed by atoms with Crippen molar-refractivity contribution in [3.8, 4) is 28.6 Å². The molecule has 0 spiro atoms. The number of hydrogen-bond acceptors (Lipinski definition) is 6. The molecule has 0 amide bonds. The third kappa shape index (κ3) is 3.51. The maximum absolute atomic E-state index is 13.0. The predicted octanol–water partition coefficient (Wildman–Crippen LogP) is 3.64. The molecule has 0 saturated heterocycles. The second-order valence-electron chi connectivity index (χ2n) is 6.26. The van der Waals surface area contributed by atoms with E-state index in [0.29, 0.717) is 28.0 Å². The topological polar surface area (TPSA) is 95.2 Å². The summed E-state index contributed by atoms with van der Waals surface area (Å²) < 4.78 is 22.0. The van der Waals surface area contributed by atoms with E-state index in [1.54, 1.807) is 36.4 Å². The lowest BCUT2D eigenvalue weighted by Gasteiger charge is -2.15. The van der Waals surface area contributed by atoms with Crippen LogP contribution < -0.4 is 19.6 Å². The van der Waals surface area contributed by atoms with Crippen LogP contribution in [0.4, 0.5) is 0 Å². The zero-order valence-corrected chi connectivity index (χ0v) is 15.9. The Morgan fingerprint density at radius 2 is 1.79 bits per heavy atom. The molecule has 3 rings (SSSR count). The zero-order chi connectivity index (χ0) is 20.4. The molecule has 28 heavy (non-hydrogen) atoms. The third-order valence-electron chi connectivity index (χ3n) is 4.29. The number of methoxy groups -OCH3 is 2. The number of carboxylic acids is 1. The highest BCUT2D eigenvalue weighted by Gasteiger charge is 2.23. The van der Waals surface area contributed by atoms with Gasteiger partial charge in [-0.05, 0) is 49.7 Å². The van der Waals surface area contributed by atoms with Crippen LogP contribution in [0, 0.1) is 6.92 Å². The number of aliphatic carboxylic acids is 1. The van der Waals surface area contributed by atoms with Gasteiger partial charge < -0.3 is 23.7 Å². The van der Waals surface area contributed by atoms with E-state index >= 15 is 0 Å². The molecule has 0 aliphatic rings. The second kappa shape index (κ2) is 7.64. The van der Waals surface area contributed by atoms with E-state index in [4.69, 9.17) is 18.6 Å². The van der Waals surface area contributed by atoms with Gasteiger partial charge in [0.15, 0.2) is 23.4 Å². The van der Waals surface area contributed by atoms with Gasteiger partial charge in [0.1, 0.15) is 5.58 Å². The average Bonchev–Trinajstić information content (AvgIpc) is 2.68. The van der Waals surface area contributed by atoms with Crippen LogP contribution in [0.1, 0.15) is 12.5 Å². The van der Waals surface area contributed by atoms with Crippen molar-refractivity contribution < 1.29 is 28.5 Å². The first-order chi connectivity index (χ1) is 13.3. The minimum atomic E-state index is -1.23. The van der Waals surface area contributed by atoms with E-state index in [1.165, 1.54) is 21.1 Å². The van der Waals surface area contributed by atoms with Gasteiger partial charge in [-0.25, -0.2) is 4.79 Å². The molecule has 7 heteroatoms. The summed E-state index contributed by atoms with van der Waals surface area (Å²) >= 11 is 0. The number of hydrogen-bond donors (Lipinski definition) is 1. The Bertz CT molecular complexity index is 1100. The van der Waals surface area contributed by atoms with E-state index in [-0.39, 0.29) is 11.5 Å². The normalized spacial score (nSPS) is 11.9. The predicted molar refractivity (Wildman–Crippen MR) is 103 cm³/mol. The summed E-state index contributed by atoms with van der Waals surface area (Å²) in [6.07, 6.45) is -1.23. The molecule has 7 nitrogen and oxygen atoms in total. The van der Waals surface area contributed by atoms with Crippen LogP contribution in [0.5, 0.6) is 17.2 Å². The summed E-state index contributed by atoms with van der Waals surface area (Å²) in [4.78, 5) is 24.3. The van der Waals surface area contributed by atoms with Gasteiger partial charge in [0.25, 0.3) is 0 Å². The molecule has 0 aliphatic heterocycles. The fourth-order valence-corrected chi connectivity index (χ4v) is 2.79. The number of carboxylic acid groups (broad SMARTS) is 1. The zero-order valence-electron chi connectivity index (χ0n) is 15.9. The maximum atomic E-state index is 13.0. The second-order valence-corrected chi connectivity index (χ2v) is 6.26. The van der Waals surface area contributed by atoms with Gasteiger partial charge in [-0.15, -0.1) is 0 Å². The van der Waals surface area contributed by atoms with Crippen molar-refractivity contribution in [2.75, 3.05) is 14.2 Å². The highest BCUT2D eigenvalue weighted by molar-refractivity contribution is 5.83. The van der Waals surface area contributed by atoms with Crippen LogP contribution >= 0.6 is 0 Å². The first kappa shape index (κ1) is 19.3. The van der Waals surface area contributed by atoms with Crippen LogP contribution in [0.3, 0.4) is 0 Å². The van der Waals surface area contributed by atoms with Crippen molar-refractivity contribution in [2.45, 2.75) is 20.0 Å². The van der Waals surface area contributed by atoms with Gasteiger partial charge in [0.2, 0.25) is 11.2 Å². The quantitative estimate of drug-likeness (QED) is 0.693. The highest BCUT2D eigenvalue weighted by Crippen LogP contribution is 2.37. The van der Waals surface area contributed by atoms with Crippen LogP contribution in [0.2, 0.25) is 0 Å². The largest absolute Gasteiger partial charge is 0.493 e. The molecule has 0 unspecified atom stereocenters. The minimum absolute atomic E-state index is 0.122. The molecule has 1 heterocycles. The Hall–Kier alpha value is -3.48. The number of fused-ring (bicyclic) bond motifs is 1. The van der Waals surface area contributed by atoms with Crippen molar-refractivity contribution in [2.24, 2.45) is 0 Å². The van der Waals surface area contributed by atoms with E-state index in [9.17, 15) is 14.7 Å². The number of carbonyl (C=O) groups is 1. The molecular formula is C21H20O7. The standard InChI is InChI=1S/C21H20O7/c1-11-5-7-14-16(9-11)28-19(20(18(14)22)27-12(2)21(23)24)13-6-8-15(25-3)17(10-13)26-4/h5-10,12H,1-4H3,(H,23,24)/t12-/m0/s1. The fourth-order valence-electron chi connectivity index (χ4n) is 2.79. The Kier molecular flexibility index (Phi) is 5.26. The molecular weight excluding hydrogens is 364 g/mol. The maximum Gasteiger partial charge on any atom is 0.344 e. The van der Waals surface area contributed by atoms with Crippen molar-refractivity contribution in [3.63, 3.8) is 0 Å². The lowest BCUT2D eigenvalue weighted by molar-refractivity contribution is -0.144. The molecule has 1 aromatic heterocycles. The van der Waals surface area contributed by atoms with Crippen molar-refractivity contribution in [1.82, 2.24) is 0 Å². The first-order valence-corrected chi connectivity index (χ1v) is 8.55. The first-order valence-electron chi connectivity index (χ1n) is 8.55. The Balaban J connectivity index is 2.30. The summed E-state index contributed by atoms with van der Waals surface area (Å²) in [5, 5.41) is 9.51. The molecule has 0 fully saturated rings. The lowest BCUT2D eigenvalue weighted by Crippen LogP contribution is -2.26. The third-order valence-corrected chi connectivity index (χ3v) is 4.29. The number of aryl methyl sites for hydroxylation is 1. The molecule has 1 N–H and O–H groups in total. The van der Waals surface area contributed by atoms with Gasteiger partial charge in [0, 0.05) is 5.56 Å².